The molecule has 1 aliphatic rings. The molecule has 0 aliphatic carbocycles. The van der Waals surface area contributed by atoms with Crippen LogP contribution in [-0.4, -0.2) is 56.2 Å². The highest BCUT2D eigenvalue weighted by Gasteiger charge is 2.39. The number of aryl methyl sites for hydroxylation is 1. The fourth-order valence-electron chi connectivity index (χ4n) is 3.85. The molecule has 1 aliphatic heterocycles. The Labute approximate surface area is 199 Å². The Morgan fingerprint density at radius 3 is 2.32 bits per heavy atom. The third-order valence-corrected chi connectivity index (χ3v) is 7.83. The van der Waals surface area contributed by atoms with Gasteiger partial charge in [0, 0.05) is 18.8 Å². The molecule has 0 aromatic heterocycles. The number of amides is 2. The maximum atomic E-state index is 13.0. The minimum absolute atomic E-state index is 0.0789. The lowest BCUT2D eigenvalue weighted by atomic mass is 10.2. The lowest BCUT2D eigenvalue weighted by molar-refractivity contribution is -0.121. The molecule has 1 saturated heterocycles. The van der Waals surface area contributed by atoms with Crippen molar-refractivity contribution >= 4 is 39.2 Å². The second kappa shape index (κ2) is 10.4. The van der Waals surface area contributed by atoms with Crippen LogP contribution < -0.4 is 10.2 Å². The number of sulfonamides is 1. The molecule has 10 heteroatoms. The van der Waals surface area contributed by atoms with E-state index in [1.54, 1.807) is 39.8 Å². The van der Waals surface area contributed by atoms with Gasteiger partial charge in [0.05, 0.1) is 29.2 Å². The van der Waals surface area contributed by atoms with Gasteiger partial charge in [-0.1, -0.05) is 19.9 Å². The predicted molar refractivity (Wildman–Crippen MR) is 128 cm³/mol. The highest BCUT2D eigenvalue weighted by atomic mass is 32.2. The summed E-state index contributed by atoms with van der Waals surface area (Å²) in [5.74, 6) is -1.33. The van der Waals surface area contributed by atoms with Crippen LogP contribution in [0.4, 0.5) is 11.4 Å². The number of nitrogens with one attached hydrogen (secondary N) is 1. The van der Waals surface area contributed by atoms with Crippen LogP contribution in [0.1, 0.15) is 43.1 Å². The Morgan fingerprint density at radius 2 is 1.74 bits per heavy atom. The molecule has 0 saturated carbocycles. The van der Waals surface area contributed by atoms with Gasteiger partial charge in [-0.3, -0.25) is 9.59 Å². The van der Waals surface area contributed by atoms with Crippen LogP contribution >= 0.6 is 0 Å². The van der Waals surface area contributed by atoms with E-state index in [0.29, 0.717) is 35.6 Å². The highest BCUT2D eigenvalue weighted by Crippen LogP contribution is 2.28. The molecular formula is C24H29N3O6S. The molecule has 34 heavy (non-hydrogen) atoms. The van der Waals surface area contributed by atoms with E-state index in [1.807, 2.05) is 0 Å². The Bertz CT molecular complexity index is 1190. The van der Waals surface area contributed by atoms with E-state index in [4.69, 9.17) is 4.74 Å². The summed E-state index contributed by atoms with van der Waals surface area (Å²) in [6.45, 7) is 7.90. The first-order chi connectivity index (χ1) is 16.1. The number of hydrogen-bond acceptors (Lipinski definition) is 7. The normalized spacial score (nSPS) is 16.3. The van der Waals surface area contributed by atoms with Gasteiger partial charge >= 0.3 is 5.97 Å². The van der Waals surface area contributed by atoms with Gasteiger partial charge in [0.1, 0.15) is 6.04 Å². The molecule has 1 N–H and O–H groups in total. The van der Waals surface area contributed by atoms with Crippen LogP contribution in [-0.2, 0) is 24.3 Å². The van der Waals surface area contributed by atoms with E-state index >= 15 is 0 Å². The van der Waals surface area contributed by atoms with Gasteiger partial charge in [-0.15, -0.1) is 0 Å². The number of carbonyl (C=O) groups excluding carboxylic acids is 3. The Morgan fingerprint density at radius 1 is 1.09 bits per heavy atom. The molecular weight excluding hydrogens is 458 g/mol. The zero-order valence-corrected chi connectivity index (χ0v) is 20.5. The Balaban J connectivity index is 1.81. The van der Waals surface area contributed by atoms with Crippen LogP contribution in [0.5, 0.6) is 0 Å². The van der Waals surface area contributed by atoms with Crippen LogP contribution in [0, 0.1) is 6.92 Å². The minimum atomic E-state index is -3.69. The molecule has 9 nitrogen and oxygen atoms in total. The van der Waals surface area contributed by atoms with Gasteiger partial charge in [0.15, 0.2) is 0 Å². The molecule has 2 aromatic carbocycles. The average molecular weight is 488 g/mol. The molecule has 1 fully saturated rings. The van der Waals surface area contributed by atoms with Crippen LogP contribution in [0.15, 0.2) is 47.4 Å². The van der Waals surface area contributed by atoms with Crippen molar-refractivity contribution in [3.63, 3.8) is 0 Å². The molecule has 3 rings (SSSR count). The summed E-state index contributed by atoms with van der Waals surface area (Å²) in [5, 5.41) is 3.01. The van der Waals surface area contributed by atoms with E-state index in [1.165, 1.54) is 34.6 Å². The van der Waals surface area contributed by atoms with Crippen molar-refractivity contribution in [1.82, 2.24) is 4.31 Å². The number of anilines is 2. The monoisotopic (exact) mass is 487 g/mol. The van der Waals surface area contributed by atoms with Gasteiger partial charge in [-0.25, -0.2) is 18.1 Å². The molecule has 0 bridgehead atoms. The summed E-state index contributed by atoms with van der Waals surface area (Å²) >= 11 is 0. The van der Waals surface area contributed by atoms with E-state index < -0.39 is 33.8 Å². The minimum Gasteiger partial charge on any atom is -0.462 e. The van der Waals surface area contributed by atoms with E-state index in [2.05, 4.69) is 5.32 Å². The number of ether oxygens (including phenoxy) is 1. The second-order valence-corrected chi connectivity index (χ2v) is 9.71. The molecule has 1 heterocycles. The SMILES string of the molecule is CCOC(=O)c1ccc(N2C(=O)C[C@@H](Nc3ccc(C)c(S(=O)(=O)N(CC)CC)c3)C2=O)cc1. The fraction of sp³-hybridized carbons (Fsp3) is 0.375. The second-order valence-electron chi connectivity index (χ2n) is 7.81. The van der Waals surface area contributed by atoms with E-state index in [0.717, 1.165) is 4.90 Å². The van der Waals surface area contributed by atoms with Crippen molar-refractivity contribution in [3.8, 4) is 0 Å². The molecule has 0 unspecified atom stereocenters. The summed E-state index contributed by atoms with van der Waals surface area (Å²) in [5.41, 5.74) is 1.69. The zero-order chi connectivity index (χ0) is 25.0. The number of benzene rings is 2. The summed E-state index contributed by atoms with van der Waals surface area (Å²) in [7, 11) is -3.69. The van der Waals surface area contributed by atoms with Gasteiger partial charge < -0.3 is 10.1 Å². The van der Waals surface area contributed by atoms with Crippen molar-refractivity contribution in [2.75, 3.05) is 29.9 Å². The fourth-order valence-corrected chi connectivity index (χ4v) is 5.56. The first-order valence-corrected chi connectivity index (χ1v) is 12.6. The maximum absolute atomic E-state index is 13.0. The molecule has 1 atom stereocenters. The van der Waals surface area contributed by atoms with Crippen molar-refractivity contribution in [1.29, 1.82) is 0 Å². The Kier molecular flexibility index (Phi) is 7.73. The topological polar surface area (TPSA) is 113 Å². The number of hydrogen-bond donors (Lipinski definition) is 1. The van der Waals surface area contributed by atoms with Crippen molar-refractivity contribution in [3.05, 3.63) is 53.6 Å². The highest BCUT2D eigenvalue weighted by molar-refractivity contribution is 7.89. The van der Waals surface area contributed by atoms with Gasteiger partial charge in [-0.05, 0) is 55.8 Å². The summed E-state index contributed by atoms with van der Waals surface area (Å²) in [6.07, 6.45) is -0.0789. The molecule has 2 amide bonds. The zero-order valence-electron chi connectivity index (χ0n) is 19.7. The molecule has 0 spiro atoms. The van der Waals surface area contributed by atoms with Crippen molar-refractivity contribution in [2.45, 2.75) is 45.1 Å². The first kappa shape index (κ1) is 25.4. The van der Waals surface area contributed by atoms with Crippen molar-refractivity contribution in [2.24, 2.45) is 0 Å². The number of carbonyl (C=O) groups is 3. The van der Waals surface area contributed by atoms with Crippen molar-refractivity contribution < 1.29 is 27.5 Å². The summed E-state index contributed by atoms with van der Waals surface area (Å²) in [4.78, 5) is 38.7. The number of nitrogens with zero attached hydrogens (tertiary/aromatic N) is 2. The molecule has 182 valence electrons. The first-order valence-electron chi connectivity index (χ1n) is 11.1. The lowest BCUT2D eigenvalue weighted by Gasteiger charge is -2.21. The van der Waals surface area contributed by atoms with Gasteiger partial charge in [0.2, 0.25) is 15.9 Å². The van der Waals surface area contributed by atoms with Gasteiger partial charge in [-0.2, -0.15) is 4.31 Å². The number of rotatable bonds is 9. The van der Waals surface area contributed by atoms with Gasteiger partial charge in [0.25, 0.3) is 5.91 Å². The molecule has 0 radical (unpaired) electrons. The average Bonchev–Trinajstić information content (AvgIpc) is 3.08. The summed E-state index contributed by atoms with van der Waals surface area (Å²) in [6, 6.07) is 10.0. The largest absolute Gasteiger partial charge is 0.462 e. The third-order valence-electron chi connectivity index (χ3n) is 5.64. The summed E-state index contributed by atoms with van der Waals surface area (Å²) < 4.78 is 32.3. The van der Waals surface area contributed by atoms with E-state index in [-0.39, 0.29) is 17.9 Å². The quantitative estimate of drug-likeness (QED) is 0.427. The number of imide groups is 1. The molecule has 2 aromatic rings. The maximum Gasteiger partial charge on any atom is 0.338 e. The van der Waals surface area contributed by atoms with E-state index in [9.17, 15) is 22.8 Å². The standard InChI is InChI=1S/C24H29N3O6S/c1-5-26(6-2)34(31,32)21-14-18(11-8-16(21)4)25-20-15-22(28)27(23(20)29)19-12-9-17(10-13-19)24(30)33-7-3/h8-14,20,25H,5-7,15H2,1-4H3/t20-/m1/s1. The smallest absolute Gasteiger partial charge is 0.338 e. The lowest BCUT2D eigenvalue weighted by Crippen LogP contribution is -2.35. The van der Waals surface area contributed by atoms with Crippen LogP contribution in [0.3, 0.4) is 0 Å². The third kappa shape index (κ3) is 4.97. The number of esters is 1. The van der Waals surface area contributed by atoms with Crippen LogP contribution in [0.2, 0.25) is 0 Å². The Hall–Kier alpha value is -3.24. The predicted octanol–water partition coefficient (Wildman–Crippen LogP) is 2.95. The van der Waals surface area contributed by atoms with Crippen LogP contribution in [0.25, 0.3) is 0 Å².